The summed E-state index contributed by atoms with van der Waals surface area (Å²) in [6.07, 6.45) is 2.62. The highest BCUT2D eigenvalue weighted by Gasteiger charge is 2.08. The van der Waals surface area contributed by atoms with Crippen LogP contribution in [0.15, 0.2) is 17.6 Å². The summed E-state index contributed by atoms with van der Waals surface area (Å²) in [6, 6.07) is 0. The number of nitroso groups, excluding NO2 is 1. The van der Waals surface area contributed by atoms with E-state index in [0.29, 0.717) is 5.56 Å². The molecule has 0 radical (unpaired) electrons. The van der Waals surface area contributed by atoms with Crippen LogP contribution in [0.1, 0.15) is 15.9 Å². The second-order valence-electron chi connectivity index (χ2n) is 1.98. The van der Waals surface area contributed by atoms with Crippen molar-refractivity contribution in [2.45, 2.75) is 6.92 Å². The van der Waals surface area contributed by atoms with Crippen molar-refractivity contribution in [2.75, 3.05) is 0 Å². The van der Waals surface area contributed by atoms with E-state index in [-0.39, 0.29) is 5.56 Å². The number of carbonyl (C=O) groups excluding carboxylic acids is 1. The van der Waals surface area contributed by atoms with Crippen LogP contribution in [0.4, 0.5) is 0 Å². The van der Waals surface area contributed by atoms with Crippen LogP contribution < -0.4 is 0 Å². The SMILES string of the molecule is Cc1cnncc1C(=O)N=O. The Balaban J connectivity index is 3.13. The number of rotatable bonds is 1. The minimum Gasteiger partial charge on any atom is -0.263 e. The van der Waals surface area contributed by atoms with Crippen molar-refractivity contribution in [2.24, 2.45) is 5.18 Å². The number of hydrogen-bond donors (Lipinski definition) is 0. The van der Waals surface area contributed by atoms with Gasteiger partial charge < -0.3 is 0 Å². The van der Waals surface area contributed by atoms with Gasteiger partial charge >= 0.3 is 5.91 Å². The second-order valence-corrected chi connectivity index (χ2v) is 1.98. The molecular weight excluding hydrogens is 146 g/mol. The fraction of sp³-hybridized carbons (Fsp3) is 0.167. The molecule has 0 aliphatic carbocycles. The Morgan fingerprint density at radius 1 is 1.45 bits per heavy atom. The number of aryl methyl sites for hydroxylation is 1. The van der Waals surface area contributed by atoms with E-state index in [1.807, 2.05) is 0 Å². The Bertz CT molecular complexity index is 298. The van der Waals surface area contributed by atoms with Gasteiger partial charge in [-0.2, -0.15) is 10.2 Å². The lowest BCUT2D eigenvalue weighted by Gasteiger charge is -1.93. The fourth-order valence-corrected chi connectivity index (χ4v) is 0.655. The molecule has 1 aromatic heterocycles. The zero-order valence-corrected chi connectivity index (χ0v) is 5.81. The Morgan fingerprint density at radius 2 is 2.09 bits per heavy atom. The van der Waals surface area contributed by atoms with Gasteiger partial charge in [0, 0.05) is 5.18 Å². The lowest BCUT2D eigenvalue weighted by molar-refractivity contribution is 0.0999. The first-order valence-electron chi connectivity index (χ1n) is 2.90. The zero-order valence-electron chi connectivity index (χ0n) is 5.81. The van der Waals surface area contributed by atoms with Crippen molar-refractivity contribution < 1.29 is 4.79 Å². The highest BCUT2D eigenvalue weighted by molar-refractivity contribution is 5.95. The van der Waals surface area contributed by atoms with Gasteiger partial charge in [-0.15, -0.1) is 4.91 Å². The number of amides is 1. The molecule has 0 bridgehead atoms. The van der Waals surface area contributed by atoms with Crippen molar-refractivity contribution in [3.8, 4) is 0 Å². The van der Waals surface area contributed by atoms with Crippen LogP contribution >= 0.6 is 0 Å². The first-order chi connectivity index (χ1) is 5.25. The van der Waals surface area contributed by atoms with E-state index in [4.69, 9.17) is 0 Å². The van der Waals surface area contributed by atoms with Gasteiger partial charge in [0.1, 0.15) is 0 Å². The first-order valence-corrected chi connectivity index (χ1v) is 2.90. The first kappa shape index (κ1) is 7.46. The fourth-order valence-electron chi connectivity index (χ4n) is 0.655. The van der Waals surface area contributed by atoms with E-state index in [1.165, 1.54) is 12.4 Å². The molecular formula is C6H5N3O2. The van der Waals surface area contributed by atoms with Gasteiger partial charge in [-0.05, 0) is 12.5 Å². The Labute approximate surface area is 62.4 Å². The Kier molecular flexibility index (Phi) is 2.00. The summed E-state index contributed by atoms with van der Waals surface area (Å²) in [5.74, 6) is -0.808. The average molecular weight is 151 g/mol. The van der Waals surface area contributed by atoms with Crippen LogP contribution in [0.2, 0.25) is 0 Å². The number of carbonyl (C=O) groups is 1. The van der Waals surface area contributed by atoms with Crippen LogP contribution in [0, 0.1) is 11.8 Å². The highest BCUT2D eigenvalue weighted by Crippen LogP contribution is 2.04. The molecule has 1 rings (SSSR count). The monoisotopic (exact) mass is 151 g/mol. The third kappa shape index (κ3) is 1.43. The van der Waals surface area contributed by atoms with E-state index in [9.17, 15) is 9.70 Å². The summed E-state index contributed by atoms with van der Waals surface area (Å²) in [4.78, 5) is 20.5. The summed E-state index contributed by atoms with van der Waals surface area (Å²) >= 11 is 0. The summed E-state index contributed by atoms with van der Waals surface area (Å²) in [7, 11) is 0. The van der Waals surface area contributed by atoms with E-state index in [0.717, 1.165) is 0 Å². The van der Waals surface area contributed by atoms with Gasteiger partial charge in [-0.25, -0.2) is 0 Å². The molecule has 1 amide bonds. The molecule has 0 spiro atoms. The Morgan fingerprint density at radius 3 is 2.64 bits per heavy atom. The zero-order chi connectivity index (χ0) is 8.27. The normalized spacial score (nSPS) is 9.18. The molecule has 1 aromatic rings. The number of hydrogen-bond acceptors (Lipinski definition) is 4. The third-order valence-electron chi connectivity index (χ3n) is 1.24. The topological polar surface area (TPSA) is 72.3 Å². The standard InChI is InChI=1S/C6H5N3O2/c1-4-2-7-8-3-5(4)6(10)9-11/h2-3H,1H3. The van der Waals surface area contributed by atoms with Crippen molar-refractivity contribution >= 4 is 5.91 Å². The smallest absolute Gasteiger partial charge is 0.263 e. The van der Waals surface area contributed by atoms with Crippen LogP contribution in [0.3, 0.4) is 0 Å². The summed E-state index contributed by atoms with van der Waals surface area (Å²) in [6.45, 7) is 1.66. The molecule has 0 aliphatic rings. The minimum absolute atomic E-state index is 0.204. The Hall–Kier alpha value is -1.65. The van der Waals surface area contributed by atoms with Gasteiger partial charge in [-0.1, -0.05) is 0 Å². The summed E-state index contributed by atoms with van der Waals surface area (Å²) < 4.78 is 0. The highest BCUT2D eigenvalue weighted by atomic mass is 16.3. The molecule has 0 aliphatic heterocycles. The molecule has 0 fully saturated rings. The van der Waals surface area contributed by atoms with Crippen molar-refractivity contribution in [3.63, 3.8) is 0 Å². The molecule has 0 unspecified atom stereocenters. The van der Waals surface area contributed by atoms with Gasteiger partial charge in [0.2, 0.25) is 0 Å². The predicted molar refractivity (Wildman–Crippen MR) is 36.9 cm³/mol. The van der Waals surface area contributed by atoms with Crippen molar-refractivity contribution in [1.82, 2.24) is 10.2 Å². The number of aromatic nitrogens is 2. The van der Waals surface area contributed by atoms with E-state index in [1.54, 1.807) is 6.92 Å². The third-order valence-corrected chi connectivity index (χ3v) is 1.24. The summed E-state index contributed by atoms with van der Waals surface area (Å²) in [5, 5.41) is 9.22. The molecule has 1 heterocycles. The number of nitrogens with zero attached hydrogens (tertiary/aromatic N) is 3. The van der Waals surface area contributed by atoms with E-state index >= 15 is 0 Å². The maximum absolute atomic E-state index is 10.7. The van der Waals surface area contributed by atoms with Crippen molar-refractivity contribution in [1.29, 1.82) is 0 Å². The molecule has 5 heteroatoms. The molecule has 0 atom stereocenters. The van der Waals surface area contributed by atoms with Crippen LogP contribution in [-0.4, -0.2) is 16.1 Å². The maximum atomic E-state index is 10.7. The maximum Gasteiger partial charge on any atom is 0.318 e. The van der Waals surface area contributed by atoms with Gasteiger partial charge in [0.25, 0.3) is 0 Å². The van der Waals surface area contributed by atoms with Gasteiger partial charge in [-0.3, -0.25) is 4.79 Å². The molecule has 0 aromatic carbocycles. The summed E-state index contributed by atoms with van der Waals surface area (Å²) in [5.41, 5.74) is 0.805. The van der Waals surface area contributed by atoms with E-state index < -0.39 is 5.91 Å². The van der Waals surface area contributed by atoms with Crippen LogP contribution in [0.5, 0.6) is 0 Å². The molecule has 0 N–H and O–H groups in total. The molecule has 0 saturated carbocycles. The quantitative estimate of drug-likeness (QED) is 0.553. The van der Waals surface area contributed by atoms with Crippen LogP contribution in [-0.2, 0) is 0 Å². The van der Waals surface area contributed by atoms with Gasteiger partial charge in [0.15, 0.2) is 0 Å². The van der Waals surface area contributed by atoms with Crippen LogP contribution in [0.25, 0.3) is 0 Å². The van der Waals surface area contributed by atoms with Gasteiger partial charge in [0.05, 0.1) is 18.0 Å². The van der Waals surface area contributed by atoms with Crippen molar-refractivity contribution in [3.05, 3.63) is 28.4 Å². The van der Waals surface area contributed by atoms with E-state index in [2.05, 4.69) is 15.4 Å². The lowest BCUT2D eigenvalue weighted by atomic mass is 10.2. The minimum atomic E-state index is -0.808. The largest absolute Gasteiger partial charge is 0.318 e. The average Bonchev–Trinajstić information content (AvgIpc) is 2.04. The molecule has 0 saturated heterocycles. The molecule has 56 valence electrons. The second kappa shape index (κ2) is 2.96. The molecule has 11 heavy (non-hydrogen) atoms. The lowest BCUT2D eigenvalue weighted by Crippen LogP contribution is -1.98. The predicted octanol–water partition coefficient (Wildman–Crippen LogP) is 0.692. The molecule has 5 nitrogen and oxygen atoms in total.